The largest absolute Gasteiger partial charge is 0.504 e. The number of aryl methyl sites for hydroxylation is 1. The molecule has 3 atom stereocenters. The quantitative estimate of drug-likeness (QED) is 0.382. The summed E-state index contributed by atoms with van der Waals surface area (Å²) in [5.74, 6) is 0.662. The fourth-order valence-corrected chi connectivity index (χ4v) is 6.49. The third-order valence-corrected chi connectivity index (χ3v) is 8.60. The van der Waals surface area contributed by atoms with Gasteiger partial charge >= 0.3 is 5.97 Å². The molecule has 2 N–H and O–H groups in total. The summed E-state index contributed by atoms with van der Waals surface area (Å²) in [5.41, 5.74) is 0.996. The number of carbonyl (C=O) groups excluding carboxylic acids is 2. The van der Waals surface area contributed by atoms with E-state index in [-0.39, 0.29) is 29.6 Å². The molecule has 0 radical (unpaired) electrons. The number of phenols is 1. The van der Waals surface area contributed by atoms with Crippen molar-refractivity contribution in [1.29, 1.82) is 0 Å². The van der Waals surface area contributed by atoms with E-state index in [2.05, 4.69) is 6.92 Å². The van der Waals surface area contributed by atoms with Crippen LogP contribution in [0.15, 0.2) is 12.1 Å². The van der Waals surface area contributed by atoms with E-state index in [0.717, 1.165) is 69.8 Å². The maximum atomic E-state index is 12.3. The first-order valence-corrected chi connectivity index (χ1v) is 14.5. The van der Waals surface area contributed by atoms with E-state index in [9.17, 15) is 19.8 Å². The number of carbonyl (C=O) groups is 2. The number of phenolic OH excluding ortho intramolecular Hbond substituents is 1. The second-order valence-electron chi connectivity index (χ2n) is 11.5. The van der Waals surface area contributed by atoms with E-state index in [1.54, 1.807) is 4.90 Å². The SMILES string of the molecule is CCCC[C@@H]1CC[C@](CCc2cc(CN3CCCC3=O)c(O)c(OC3CCCC3)c2)(OC(C)=O)C[C@H]1O. The molecule has 2 aliphatic carbocycles. The monoisotopic (exact) mass is 515 g/mol. The predicted octanol–water partition coefficient (Wildman–Crippen LogP) is 5.42. The van der Waals surface area contributed by atoms with E-state index in [1.807, 2.05) is 12.1 Å². The molecule has 0 spiro atoms. The molecule has 1 aromatic rings. The molecule has 1 amide bonds. The number of ether oxygens (including phenoxy) is 2. The molecular formula is C30H45NO6. The number of nitrogens with zero attached hydrogens (tertiary/aromatic N) is 1. The molecule has 37 heavy (non-hydrogen) atoms. The van der Waals surface area contributed by atoms with Crippen LogP contribution in [0.2, 0.25) is 0 Å². The highest BCUT2D eigenvalue weighted by Crippen LogP contribution is 2.42. The summed E-state index contributed by atoms with van der Waals surface area (Å²) in [6, 6.07) is 3.88. The lowest BCUT2D eigenvalue weighted by Gasteiger charge is -2.42. The average Bonchev–Trinajstić information content (AvgIpc) is 3.51. The third-order valence-electron chi connectivity index (χ3n) is 8.60. The van der Waals surface area contributed by atoms with Crippen LogP contribution in [0.4, 0.5) is 0 Å². The summed E-state index contributed by atoms with van der Waals surface area (Å²) < 4.78 is 12.2. The Morgan fingerprint density at radius 3 is 2.62 bits per heavy atom. The highest BCUT2D eigenvalue weighted by atomic mass is 16.6. The molecule has 0 aromatic heterocycles. The molecule has 2 saturated carbocycles. The van der Waals surface area contributed by atoms with Crippen LogP contribution < -0.4 is 4.74 Å². The number of amides is 1. The summed E-state index contributed by atoms with van der Waals surface area (Å²) >= 11 is 0. The van der Waals surface area contributed by atoms with Crippen molar-refractivity contribution in [2.24, 2.45) is 5.92 Å². The molecule has 1 saturated heterocycles. The van der Waals surface area contributed by atoms with Gasteiger partial charge in [0.25, 0.3) is 0 Å². The summed E-state index contributed by atoms with van der Waals surface area (Å²) in [6.07, 6.45) is 11.7. The van der Waals surface area contributed by atoms with Crippen LogP contribution in [0.5, 0.6) is 11.5 Å². The maximum absolute atomic E-state index is 12.3. The van der Waals surface area contributed by atoms with Gasteiger partial charge in [0.2, 0.25) is 5.91 Å². The van der Waals surface area contributed by atoms with Crippen molar-refractivity contribution in [2.45, 2.75) is 128 Å². The van der Waals surface area contributed by atoms with Crippen LogP contribution in [0.25, 0.3) is 0 Å². The molecule has 7 nitrogen and oxygen atoms in total. The van der Waals surface area contributed by atoms with Gasteiger partial charge in [0.15, 0.2) is 11.5 Å². The van der Waals surface area contributed by atoms with Gasteiger partial charge in [-0.05, 0) is 81.8 Å². The van der Waals surface area contributed by atoms with Crippen molar-refractivity contribution >= 4 is 11.9 Å². The molecule has 4 rings (SSSR count). The van der Waals surface area contributed by atoms with E-state index in [1.165, 1.54) is 6.92 Å². The molecule has 1 heterocycles. The van der Waals surface area contributed by atoms with Crippen molar-refractivity contribution < 1.29 is 29.3 Å². The normalized spacial score (nSPS) is 26.6. The second kappa shape index (κ2) is 12.5. The number of esters is 1. The smallest absolute Gasteiger partial charge is 0.303 e. The Morgan fingerprint density at radius 2 is 1.97 bits per heavy atom. The minimum absolute atomic E-state index is 0.100. The first-order chi connectivity index (χ1) is 17.8. The first-order valence-electron chi connectivity index (χ1n) is 14.5. The predicted molar refractivity (Wildman–Crippen MR) is 141 cm³/mol. The number of hydrogen-bond donors (Lipinski definition) is 2. The zero-order valence-corrected chi connectivity index (χ0v) is 22.7. The number of rotatable bonds is 11. The van der Waals surface area contributed by atoms with E-state index in [0.29, 0.717) is 50.1 Å². The van der Waals surface area contributed by atoms with Gasteiger partial charge in [-0.3, -0.25) is 9.59 Å². The molecule has 0 bridgehead atoms. The fraction of sp³-hybridized carbons (Fsp3) is 0.733. The van der Waals surface area contributed by atoms with Gasteiger partial charge < -0.3 is 24.6 Å². The zero-order valence-electron chi connectivity index (χ0n) is 22.7. The Bertz CT molecular complexity index is 942. The molecular weight excluding hydrogens is 470 g/mol. The van der Waals surface area contributed by atoms with Gasteiger partial charge in [-0.15, -0.1) is 0 Å². The van der Waals surface area contributed by atoms with Crippen molar-refractivity contribution in [3.63, 3.8) is 0 Å². The van der Waals surface area contributed by atoms with Gasteiger partial charge in [0.05, 0.1) is 12.2 Å². The Kier molecular flexibility index (Phi) is 9.38. The third kappa shape index (κ3) is 7.18. The summed E-state index contributed by atoms with van der Waals surface area (Å²) in [7, 11) is 0. The number of aliphatic hydroxyl groups is 1. The Labute approximate surface area is 221 Å². The molecule has 7 heteroatoms. The first kappa shape index (κ1) is 27.7. The van der Waals surface area contributed by atoms with Gasteiger partial charge in [0.1, 0.15) is 5.60 Å². The minimum atomic E-state index is -0.691. The number of likely N-dealkylation sites (tertiary alicyclic amines) is 1. The summed E-state index contributed by atoms with van der Waals surface area (Å²) in [4.78, 5) is 26.1. The van der Waals surface area contributed by atoms with Crippen LogP contribution in [0.3, 0.4) is 0 Å². The molecule has 1 aromatic carbocycles. The standard InChI is InChI=1S/C30H45NO6/c1-3-4-8-23-13-15-30(19-26(23)33,37-21(2)32)14-12-22-17-24(20-31-16-7-11-28(31)34)29(35)27(18-22)36-25-9-5-6-10-25/h17-18,23,25-26,33,35H,3-16,19-20H2,1-2H3/t23-,26-,30+/m1/s1. The Morgan fingerprint density at radius 1 is 1.19 bits per heavy atom. The lowest BCUT2D eigenvalue weighted by atomic mass is 9.72. The van der Waals surface area contributed by atoms with Gasteiger partial charge in [-0.2, -0.15) is 0 Å². The van der Waals surface area contributed by atoms with E-state index >= 15 is 0 Å². The fourth-order valence-electron chi connectivity index (χ4n) is 6.49. The lowest BCUT2D eigenvalue weighted by molar-refractivity contribution is -0.168. The van der Waals surface area contributed by atoms with Gasteiger partial charge in [0, 0.05) is 38.4 Å². The second-order valence-corrected chi connectivity index (χ2v) is 11.5. The van der Waals surface area contributed by atoms with Gasteiger partial charge in [-0.1, -0.05) is 25.8 Å². The molecule has 0 unspecified atom stereocenters. The van der Waals surface area contributed by atoms with E-state index < -0.39 is 11.7 Å². The zero-order chi connectivity index (χ0) is 26.4. The van der Waals surface area contributed by atoms with Gasteiger partial charge in [-0.25, -0.2) is 0 Å². The number of hydrogen-bond acceptors (Lipinski definition) is 6. The number of aliphatic hydroxyl groups excluding tert-OH is 1. The van der Waals surface area contributed by atoms with Crippen molar-refractivity contribution in [3.8, 4) is 11.5 Å². The Hall–Kier alpha value is -2.28. The molecule has 3 aliphatic rings. The highest BCUT2D eigenvalue weighted by molar-refractivity contribution is 5.78. The van der Waals surface area contributed by atoms with E-state index in [4.69, 9.17) is 9.47 Å². The van der Waals surface area contributed by atoms with Crippen molar-refractivity contribution in [1.82, 2.24) is 4.90 Å². The topological polar surface area (TPSA) is 96.3 Å². The van der Waals surface area contributed by atoms with Crippen LogP contribution in [-0.4, -0.2) is 51.3 Å². The molecule has 3 fully saturated rings. The number of benzene rings is 1. The van der Waals surface area contributed by atoms with Crippen LogP contribution in [0.1, 0.15) is 108 Å². The van der Waals surface area contributed by atoms with Crippen molar-refractivity contribution in [2.75, 3.05) is 6.54 Å². The summed E-state index contributed by atoms with van der Waals surface area (Å²) in [5, 5.41) is 22.0. The molecule has 206 valence electrons. The Balaban J connectivity index is 1.53. The summed E-state index contributed by atoms with van der Waals surface area (Å²) in [6.45, 7) is 4.67. The van der Waals surface area contributed by atoms with Crippen LogP contribution in [-0.2, 0) is 27.3 Å². The van der Waals surface area contributed by atoms with Crippen molar-refractivity contribution in [3.05, 3.63) is 23.3 Å². The lowest BCUT2D eigenvalue weighted by Crippen LogP contribution is -2.45. The maximum Gasteiger partial charge on any atom is 0.303 e. The minimum Gasteiger partial charge on any atom is -0.504 e. The van der Waals surface area contributed by atoms with Crippen LogP contribution in [0, 0.1) is 5.92 Å². The molecule has 1 aliphatic heterocycles. The highest BCUT2D eigenvalue weighted by Gasteiger charge is 2.42. The van der Waals surface area contributed by atoms with Crippen LogP contribution >= 0.6 is 0 Å². The number of unbranched alkanes of at least 4 members (excludes halogenated alkanes) is 1. The average molecular weight is 516 g/mol. The number of aromatic hydroxyl groups is 1.